The molecule has 0 aliphatic heterocycles. The lowest BCUT2D eigenvalue weighted by Crippen LogP contribution is -2.32. The lowest BCUT2D eigenvalue weighted by Gasteiger charge is -2.21. The SMILES string of the molecule is CCCCN(CC)S(=O)(=O)c1cc(F)ccc1CN. The van der Waals surface area contributed by atoms with E-state index in [1.807, 2.05) is 6.92 Å². The molecule has 108 valence electrons. The molecule has 0 aliphatic carbocycles. The topological polar surface area (TPSA) is 63.4 Å². The van der Waals surface area contributed by atoms with Crippen LogP contribution in [0.4, 0.5) is 4.39 Å². The fourth-order valence-corrected chi connectivity index (χ4v) is 3.59. The molecule has 0 radical (unpaired) electrons. The molecule has 0 saturated carbocycles. The van der Waals surface area contributed by atoms with Crippen LogP contribution in [0.2, 0.25) is 0 Å². The minimum Gasteiger partial charge on any atom is -0.326 e. The van der Waals surface area contributed by atoms with E-state index >= 15 is 0 Å². The van der Waals surface area contributed by atoms with Crippen LogP contribution in [0, 0.1) is 5.82 Å². The molecule has 0 fully saturated rings. The highest BCUT2D eigenvalue weighted by Gasteiger charge is 2.25. The van der Waals surface area contributed by atoms with E-state index in [0.717, 1.165) is 18.9 Å². The van der Waals surface area contributed by atoms with Gasteiger partial charge in [-0.15, -0.1) is 0 Å². The van der Waals surface area contributed by atoms with Crippen LogP contribution in [0.25, 0.3) is 0 Å². The van der Waals surface area contributed by atoms with Gasteiger partial charge in [-0.05, 0) is 24.1 Å². The Morgan fingerprint density at radius 3 is 2.53 bits per heavy atom. The first-order valence-electron chi connectivity index (χ1n) is 6.46. The summed E-state index contributed by atoms with van der Waals surface area (Å²) in [6.07, 6.45) is 1.68. The number of nitrogens with zero attached hydrogens (tertiary/aromatic N) is 1. The Balaban J connectivity index is 3.20. The van der Waals surface area contributed by atoms with Crippen LogP contribution < -0.4 is 5.73 Å². The normalized spacial score (nSPS) is 12.1. The van der Waals surface area contributed by atoms with Crippen molar-refractivity contribution in [1.82, 2.24) is 4.31 Å². The molecule has 19 heavy (non-hydrogen) atoms. The monoisotopic (exact) mass is 288 g/mol. The van der Waals surface area contributed by atoms with E-state index in [1.165, 1.54) is 16.4 Å². The first-order valence-corrected chi connectivity index (χ1v) is 7.90. The summed E-state index contributed by atoms with van der Waals surface area (Å²) >= 11 is 0. The second-order valence-electron chi connectivity index (χ2n) is 4.31. The van der Waals surface area contributed by atoms with Gasteiger partial charge in [-0.1, -0.05) is 26.3 Å². The van der Waals surface area contributed by atoms with Gasteiger partial charge >= 0.3 is 0 Å². The molecule has 0 bridgehead atoms. The molecule has 0 aromatic heterocycles. The summed E-state index contributed by atoms with van der Waals surface area (Å²) in [4.78, 5) is -0.0204. The van der Waals surface area contributed by atoms with Crippen LogP contribution in [-0.4, -0.2) is 25.8 Å². The summed E-state index contributed by atoms with van der Waals surface area (Å²) in [5.41, 5.74) is 5.97. The zero-order chi connectivity index (χ0) is 14.5. The highest BCUT2D eigenvalue weighted by Crippen LogP contribution is 2.21. The van der Waals surface area contributed by atoms with Crippen molar-refractivity contribution in [3.05, 3.63) is 29.6 Å². The smallest absolute Gasteiger partial charge is 0.243 e. The van der Waals surface area contributed by atoms with Gasteiger partial charge in [-0.3, -0.25) is 0 Å². The van der Waals surface area contributed by atoms with Gasteiger partial charge in [-0.2, -0.15) is 4.31 Å². The molecule has 1 aromatic carbocycles. The number of nitrogens with two attached hydrogens (primary N) is 1. The Morgan fingerprint density at radius 1 is 1.32 bits per heavy atom. The molecule has 2 N–H and O–H groups in total. The predicted octanol–water partition coefficient (Wildman–Crippen LogP) is 2.10. The van der Waals surface area contributed by atoms with Gasteiger partial charge < -0.3 is 5.73 Å². The molecule has 6 heteroatoms. The zero-order valence-electron chi connectivity index (χ0n) is 11.4. The highest BCUT2D eigenvalue weighted by atomic mass is 32.2. The third kappa shape index (κ3) is 3.75. The molecule has 0 atom stereocenters. The van der Waals surface area contributed by atoms with Crippen LogP contribution in [0.1, 0.15) is 32.3 Å². The lowest BCUT2D eigenvalue weighted by molar-refractivity contribution is 0.418. The van der Waals surface area contributed by atoms with Crippen molar-refractivity contribution in [2.24, 2.45) is 5.73 Å². The third-order valence-corrected chi connectivity index (χ3v) is 5.04. The summed E-state index contributed by atoms with van der Waals surface area (Å²) in [5, 5.41) is 0. The second kappa shape index (κ2) is 6.98. The Hall–Kier alpha value is -0.980. The number of hydrogen-bond donors (Lipinski definition) is 1. The van der Waals surface area contributed by atoms with E-state index in [9.17, 15) is 12.8 Å². The van der Waals surface area contributed by atoms with Crippen molar-refractivity contribution in [2.45, 2.75) is 38.1 Å². The maximum atomic E-state index is 13.3. The number of rotatable bonds is 7. The fraction of sp³-hybridized carbons (Fsp3) is 0.538. The molecule has 1 aromatic rings. The van der Waals surface area contributed by atoms with Gasteiger partial charge in [0.25, 0.3) is 0 Å². The van der Waals surface area contributed by atoms with Crippen molar-refractivity contribution < 1.29 is 12.8 Å². The van der Waals surface area contributed by atoms with E-state index in [0.29, 0.717) is 18.7 Å². The number of hydrogen-bond acceptors (Lipinski definition) is 3. The van der Waals surface area contributed by atoms with Gasteiger partial charge in [0.2, 0.25) is 10.0 Å². The van der Waals surface area contributed by atoms with E-state index in [-0.39, 0.29) is 11.4 Å². The standard InChI is InChI=1S/C13H21FN2O2S/c1-3-5-8-16(4-2)19(17,18)13-9-12(14)7-6-11(13)10-15/h6-7,9H,3-5,8,10,15H2,1-2H3. The molecule has 0 saturated heterocycles. The number of unbranched alkanes of at least 4 members (excludes halogenated alkanes) is 1. The molecule has 4 nitrogen and oxygen atoms in total. The minimum absolute atomic E-state index is 0.0204. The number of benzene rings is 1. The van der Waals surface area contributed by atoms with Crippen molar-refractivity contribution in [3.8, 4) is 0 Å². The van der Waals surface area contributed by atoms with Crippen molar-refractivity contribution in [1.29, 1.82) is 0 Å². The largest absolute Gasteiger partial charge is 0.326 e. The summed E-state index contributed by atoms with van der Waals surface area (Å²) < 4.78 is 39.7. The fourth-order valence-electron chi connectivity index (χ4n) is 1.86. The average Bonchev–Trinajstić information content (AvgIpc) is 2.39. The van der Waals surface area contributed by atoms with Crippen LogP contribution in [0.5, 0.6) is 0 Å². The molecular weight excluding hydrogens is 267 g/mol. The lowest BCUT2D eigenvalue weighted by atomic mass is 10.2. The van der Waals surface area contributed by atoms with Crippen molar-refractivity contribution >= 4 is 10.0 Å². The van der Waals surface area contributed by atoms with Crippen LogP contribution in [0.15, 0.2) is 23.1 Å². The first-order chi connectivity index (χ1) is 8.97. The van der Waals surface area contributed by atoms with Crippen LogP contribution in [0.3, 0.4) is 0 Å². The Morgan fingerprint density at radius 2 is 2.00 bits per heavy atom. The summed E-state index contributed by atoms with van der Waals surface area (Å²) in [6, 6.07) is 3.70. The average molecular weight is 288 g/mol. The van der Waals surface area contributed by atoms with Crippen LogP contribution in [-0.2, 0) is 16.6 Å². The van der Waals surface area contributed by atoms with Gasteiger partial charge in [0.05, 0.1) is 4.90 Å². The number of halogens is 1. The van der Waals surface area contributed by atoms with Gasteiger partial charge in [-0.25, -0.2) is 12.8 Å². The molecule has 1 rings (SSSR count). The van der Waals surface area contributed by atoms with Crippen molar-refractivity contribution in [2.75, 3.05) is 13.1 Å². The number of sulfonamides is 1. The Bertz CT molecular complexity index is 517. The molecule has 0 heterocycles. The van der Waals surface area contributed by atoms with E-state index < -0.39 is 15.8 Å². The maximum Gasteiger partial charge on any atom is 0.243 e. The third-order valence-electron chi connectivity index (χ3n) is 2.98. The van der Waals surface area contributed by atoms with E-state index in [2.05, 4.69) is 0 Å². The zero-order valence-corrected chi connectivity index (χ0v) is 12.2. The van der Waals surface area contributed by atoms with Gasteiger partial charge in [0.1, 0.15) is 5.82 Å². The summed E-state index contributed by atoms with van der Waals surface area (Å²) in [7, 11) is -3.68. The summed E-state index contributed by atoms with van der Waals surface area (Å²) in [6.45, 7) is 4.64. The molecule has 0 spiro atoms. The maximum absolute atomic E-state index is 13.3. The summed E-state index contributed by atoms with van der Waals surface area (Å²) in [5.74, 6) is -0.567. The van der Waals surface area contributed by atoms with Crippen molar-refractivity contribution in [3.63, 3.8) is 0 Å². The molecule has 0 unspecified atom stereocenters. The first kappa shape index (κ1) is 16.1. The van der Waals surface area contributed by atoms with E-state index in [4.69, 9.17) is 5.73 Å². The Kier molecular flexibility index (Phi) is 5.90. The van der Waals surface area contributed by atoms with Gasteiger partial charge in [0.15, 0.2) is 0 Å². The highest BCUT2D eigenvalue weighted by molar-refractivity contribution is 7.89. The van der Waals surface area contributed by atoms with Gasteiger partial charge in [0, 0.05) is 19.6 Å². The predicted molar refractivity (Wildman–Crippen MR) is 73.6 cm³/mol. The quantitative estimate of drug-likeness (QED) is 0.835. The second-order valence-corrected chi connectivity index (χ2v) is 6.21. The molecule has 0 aliphatic rings. The van der Waals surface area contributed by atoms with E-state index in [1.54, 1.807) is 6.92 Å². The Labute approximate surface area is 114 Å². The molecule has 0 amide bonds. The minimum atomic E-state index is -3.68. The van der Waals surface area contributed by atoms with Crippen LogP contribution >= 0.6 is 0 Å². The molecular formula is C13H21FN2O2S.